The van der Waals surface area contributed by atoms with Gasteiger partial charge in [0.05, 0.1) is 5.69 Å². The summed E-state index contributed by atoms with van der Waals surface area (Å²) in [4.78, 5) is 2.33. The Morgan fingerprint density at radius 2 is 2.38 bits per heavy atom. The van der Waals surface area contributed by atoms with Gasteiger partial charge in [-0.15, -0.1) is 0 Å². The summed E-state index contributed by atoms with van der Waals surface area (Å²) in [6.07, 6.45) is 8.38. The van der Waals surface area contributed by atoms with Gasteiger partial charge in [-0.25, -0.2) is 0 Å². The molecule has 0 fully saturated rings. The number of rotatable bonds is 4. The van der Waals surface area contributed by atoms with Crippen LogP contribution in [0.1, 0.15) is 30.7 Å². The fourth-order valence-electron chi connectivity index (χ4n) is 2.30. The number of nitrogens with zero attached hydrogens (tertiary/aromatic N) is 2. The summed E-state index contributed by atoms with van der Waals surface area (Å²) in [5.74, 6) is 1.70. The van der Waals surface area contributed by atoms with E-state index in [1.807, 2.05) is 13.0 Å². The van der Waals surface area contributed by atoms with Crippen molar-refractivity contribution in [1.82, 2.24) is 10.1 Å². The summed E-state index contributed by atoms with van der Waals surface area (Å²) in [7, 11) is 2.16. The number of hydrogen-bond acceptors (Lipinski definition) is 3. The van der Waals surface area contributed by atoms with Crippen molar-refractivity contribution >= 4 is 0 Å². The highest BCUT2D eigenvalue weighted by Crippen LogP contribution is 2.19. The Hall–Kier alpha value is -1.09. The first-order valence-corrected chi connectivity index (χ1v) is 6.00. The highest BCUT2D eigenvalue weighted by Gasteiger charge is 2.13. The van der Waals surface area contributed by atoms with Gasteiger partial charge < -0.3 is 9.42 Å². The number of hydrogen-bond donors (Lipinski definition) is 0. The third-order valence-electron chi connectivity index (χ3n) is 3.06. The van der Waals surface area contributed by atoms with Crippen molar-refractivity contribution in [2.75, 3.05) is 13.6 Å². The summed E-state index contributed by atoms with van der Waals surface area (Å²) in [6, 6.07) is 2.01. The molecule has 1 aromatic heterocycles. The van der Waals surface area contributed by atoms with Gasteiger partial charge in [-0.05, 0) is 39.2 Å². The monoisotopic (exact) mass is 220 g/mol. The molecule has 2 rings (SSSR count). The Bertz CT molecular complexity index is 357. The van der Waals surface area contributed by atoms with E-state index in [1.165, 1.54) is 19.3 Å². The van der Waals surface area contributed by atoms with E-state index in [9.17, 15) is 0 Å². The van der Waals surface area contributed by atoms with Crippen LogP contribution in [0.25, 0.3) is 0 Å². The largest absolute Gasteiger partial charge is 0.361 e. The lowest BCUT2D eigenvalue weighted by molar-refractivity contribution is 0.251. The molecule has 0 bridgehead atoms. The van der Waals surface area contributed by atoms with Gasteiger partial charge in [-0.3, -0.25) is 0 Å². The minimum atomic E-state index is 0.808. The molecule has 0 unspecified atom stereocenters. The van der Waals surface area contributed by atoms with Crippen LogP contribution in [0, 0.1) is 12.8 Å². The van der Waals surface area contributed by atoms with Crippen molar-refractivity contribution in [2.45, 2.75) is 32.7 Å². The quantitative estimate of drug-likeness (QED) is 0.731. The molecule has 0 N–H and O–H groups in total. The molecular formula is C13H20N2O. The molecule has 0 spiro atoms. The van der Waals surface area contributed by atoms with Gasteiger partial charge in [-0.1, -0.05) is 17.3 Å². The minimum Gasteiger partial charge on any atom is -0.361 e. The molecule has 1 heterocycles. The number of aryl methyl sites for hydroxylation is 1. The molecule has 88 valence electrons. The zero-order valence-electron chi connectivity index (χ0n) is 10.1. The van der Waals surface area contributed by atoms with Crippen LogP contribution in [0.15, 0.2) is 22.7 Å². The molecule has 0 saturated carbocycles. The van der Waals surface area contributed by atoms with E-state index in [0.717, 1.165) is 30.5 Å². The zero-order valence-corrected chi connectivity index (χ0v) is 10.1. The van der Waals surface area contributed by atoms with E-state index in [2.05, 4.69) is 29.3 Å². The molecule has 1 aliphatic carbocycles. The molecule has 3 nitrogen and oxygen atoms in total. The van der Waals surface area contributed by atoms with Gasteiger partial charge >= 0.3 is 0 Å². The average molecular weight is 220 g/mol. The predicted octanol–water partition coefficient (Wildman–Crippen LogP) is 2.77. The molecule has 0 aromatic carbocycles. The molecule has 3 heteroatoms. The van der Waals surface area contributed by atoms with Gasteiger partial charge in [0.1, 0.15) is 5.76 Å². The van der Waals surface area contributed by atoms with Crippen LogP contribution < -0.4 is 0 Å². The normalized spacial score (nSPS) is 20.6. The minimum absolute atomic E-state index is 0.808. The number of allylic oxidation sites excluding steroid dienone is 2. The maximum atomic E-state index is 5.07. The van der Waals surface area contributed by atoms with Crippen molar-refractivity contribution < 1.29 is 4.52 Å². The maximum Gasteiger partial charge on any atom is 0.133 e. The SMILES string of the molecule is Cc1cc(CN(C)C[C@H]2CC=CCC2)no1. The molecule has 0 saturated heterocycles. The van der Waals surface area contributed by atoms with Gasteiger partial charge in [0.25, 0.3) is 0 Å². The third-order valence-corrected chi connectivity index (χ3v) is 3.06. The molecule has 16 heavy (non-hydrogen) atoms. The molecule has 0 aliphatic heterocycles. The first kappa shape index (κ1) is 11.4. The smallest absolute Gasteiger partial charge is 0.133 e. The number of aromatic nitrogens is 1. The molecule has 0 amide bonds. The van der Waals surface area contributed by atoms with E-state index in [0.29, 0.717) is 0 Å². The van der Waals surface area contributed by atoms with E-state index in [-0.39, 0.29) is 0 Å². The van der Waals surface area contributed by atoms with Crippen LogP contribution in [0.4, 0.5) is 0 Å². The average Bonchev–Trinajstić information content (AvgIpc) is 2.65. The van der Waals surface area contributed by atoms with Gasteiger partial charge in [0.15, 0.2) is 0 Å². The zero-order chi connectivity index (χ0) is 11.4. The van der Waals surface area contributed by atoms with Crippen LogP contribution in [-0.4, -0.2) is 23.6 Å². The van der Waals surface area contributed by atoms with Gasteiger partial charge in [0, 0.05) is 19.2 Å². The predicted molar refractivity (Wildman–Crippen MR) is 64.1 cm³/mol. The Balaban J connectivity index is 1.79. The Labute approximate surface area is 97.1 Å². The lowest BCUT2D eigenvalue weighted by atomic mass is 9.94. The standard InChI is InChI=1S/C13H20N2O/c1-11-8-13(14-16-11)10-15(2)9-12-6-4-3-5-7-12/h3-4,8,12H,5-7,9-10H2,1-2H3/t12-/m0/s1. The Kier molecular flexibility index (Phi) is 3.78. The Morgan fingerprint density at radius 1 is 1.50 bits per heavy atom. The van der Waals surface area contributed by atoms with Crippen LogP contribution in [-0.2, 0) is 6.54 Å². The molecule has 1 atom stereocenters. The second-order valence-corrected chi connectivity index (χ2v) is 4.78. The van der Waals surface area contributed by atoms with Gasteiger partial charge in [0.2, 0.25) is 0 Å². The summed E-state index contributed by atoms with van der Waals surface area (Å²) in [5, 5.41) is 4.02. The molecule has 1 aliphatic rings. The van der Waals surface area contributed by atoms with Crippen LogP contribution in [0.3, 0.4) is 0 Å². The topological polar surface area (TPSA) is 29.3 Å². The van der Waals surface area contributed by atoms with Crippen LogP contribution in [0.2, 0.25) is 0 Å². The maximum absolute atomic E-state index is 5.07. The molecule has 0 radical (unpaired) electrons. The van der Waals surface area contributed by atoms with E-state index in [1.54, 1.807) is 0 Å². The van der Waals surface area contributed by atoms with E-state index in [4.69, 9.17) is 4.52 Å². The first-order valence-electron chi connectivity index (χ1n) is 6.00. The lowest BCUT2D eigenvalue weighted by Gasteiger charge is -2.23. The second kappa shape index (κ2) is 5.30. The third kappa shape index (κ3) is 3.20. The van der Waals surface area contributed by atoms with Crippen molar-refractivity contribution in [2.24, 2.45) is 5.92 Å². The highest BCUT2D eigenvalue weighted by molar-refractivity contribution is 5.03. The highest BCUT2D eigenvalue weighted by atomic mass is 16.5. The first-order chi connectivity index (χ1) is 7.74. The Morgan fingerprint density at radius 3 is 3.00 bits per heavy atom. The summed E-state index contributed by atoms with van der Waals surface area (Å²) in [5.41, 5.74) is 1.03. The fourth-order valence-corrected chi connectivity index (χ4v) is 2.30. The van der Waals surface area contributed by atoms with Gasteiger partial charge in [-0.2, -0.15) is 0 Å². The summed E-state index contributed by atoms with van der Waals surface area (Å²) >= 11 is 0. The van der Waals surface area contributed by atoms with Crippen molar-refractivity contribution in [3.8, 4) is 0 Å². The van der Waals surface area contributed by atoms with Crippen molar-refractivity contribution in [3.63, 3.8) is 0 Å². The fraction of sp³-hybridized carbons (Fsp3) is 0.615. The van der Waals surface area contributed by atoms with Crippen LogP contribution in [0.5, 0.6) is 0 Å². The van der Waals surface area contributed by atoms with Crippen molar-refractivity contribution in [1.29, 1.82) is 0 Å². The molecule has 1 aromatic rings. The second-order valence-electron chi connectivity index (χ2n) is 4.78. The summed E-state index contributed by atoms with van der Waals surface area (Å²) < 4.78 is 5.07. The summed E-state index contributed by atoms with van der Waals surface area (Å²) in [6.45, 7) is 3.97. The lowest BCUT2D eigenvalue weighted by Crippen LogP contribution is -2.26. The van der Waals surface area contributed by atoms with E-state index < -0.39 is 0 Å². The van der Waals surface area contributed by atoms with Crippen LogP contribution >= 0.6 is 0 Å². The molecular weight excluding hydrogens is 200 g/mol. The van der Waals surface area contributed by atoms with E-state index >= 15 is 0 Å². The van der Waals surface area contributed by atoms with Crippen molar-refractivity contribution in [3.05, 3.63) is 29.7 Å².